The molecular weight excluding hydrogens is 270 g/mol. The Morgan fingerprint density at radius 3 is 2.80 bits per heavy atom. The lowest BCUT2D eigenvalue weighted by atomic mass is 10.1. The van der Waals surface area contributed by atoms with E-state index in [1.165, 1.54) is 0 Å². The van der Waals surface area contributed by atoms with Gasteiger partial charge in [0.15, 0.2) is 0 Å². The molecule has 3 nitrogen and oxygen atoms in total. The van der Waals surface area contributed by atoms with E-state index in [2.05, 4.69) is 9.97 Å². The molecule has 0 aliphatic heterocycles. The van der Waals surface area contributed by atoms with Crippen LogP contribution in [0.3, 0.4) is 0 Å². The van der Waals surface area contributed by atoms with Crippen LogP contribution in [0.2, 0.25) is 5.02 Å². The average Bonchev–Trinajstić information content (AvgIpc) is 2.41. The van der Waals surface area contributed by atoms with Crippen molar-refractivity contribution in [2.45, 2.75) is 13.3 Å². The number of nitrogen functional groups attached to an aromatic ring is 1. The Labute approximate surface area is 122 Å². The van der Waals surface area contributed by atoms with E-state index in [-0.39, 0.29) is 0 Å². The highest BCUT2D eigenvalue weighted by molar-refractivity contribution is 6.31. The minimum absolute atomic E-state index is 0.520. The van der Waals surface area contributed by atoms with Crippen molar-refractivity contribution in [1.82, 2.24) is 9.97 Å². The van der Waals surface area contributed by atoms with Crippen molar-refractivity contribution in [2.75, 3.05) is 5.73 Å². The third-order valence-electron chi connectivity index (χ3n) is 3.26. The Morgan fingerprint density at radius 1 is 1.20 bits per heavy atom. The normalized spacial score (nSPS) is 10.9. The largest absolute Gasteiger partial charge is 0.384 e. The first kappa shape index (κ1) is 12.9. The van der Waals surface area contributed by atoms with Crippen molar-refractivity contribution >= 4 is 28.5 Å². The molecular formula is C16H14ClN3. The molecule has 1 aromatic carbocycles. The number of aromatic nitrogens is 2. The molecule has 0 saturated carbocycles. The predicted octanol–water partition coefficient (Wildman–Crippen LogP) is 3.76. The van der Waals surface area contributed by atoms with Gasteiger partial charge in [-0.15, -0.1) is 0 Å². The minimum Gasteiger partial charge on any atom is -0.384 e. The number of halogens is 1. The highest BCUT2D eigenvalue weighted by Gasteiger charge is 2.06. The van der Waals surface area contributed by atoms with Crippen LogP contribution in [0.4, 0.5) is 5.82 Å². The van der Waals surface area contributed by atoms with Crippen LogP contribution in [-0.4, -0.2) is 9.97 Å². The number of pyridine rings is 2. The highest BCUT2D eigenvalue weighted by Crippen LogP contribution is 2.22. The van der Waals surface area contributed by atoms with Crippen LogP contribution in [0.25, 0.3) is 11.0 Å². The lowest BCUT2D eigenvalue weighted by Crippen LogP contribution is -1.97. The van der Waals surface area contributed by atoms with E-state index in [1.807, 2.05) is 49.5 Å². The Morgan fingerprint density at radius 2 is 2.00 bits per heavy atom. The Bertz CT molecular complexity index is 784. The van der Waals surface area contributed by atoms with Gasteiger partial charge >= 0.3 is 0 Å². The van der Waals surface area contributed by atoms with Gasteiger partial charge < -0.3 is 5.73 Å². The van der Waals surface area contributed by atoms with E-state index in [9.17, 15) is 0 Å². The van der Waals surface area contributed by atoms with Crippen LogP contribution < -0.4 is 5.73 Å². The molecule has 100 valence electrons. The molecule has 2 aromatic heterocycles. The molecule has 4 heteroatoms. The molecule has 0 fully saturated rings. The Hall–Kier alpha value is -2.13. The van der Waals surface area contributed by atoms with E-state index in [0.717, 1.165) is 39.2 Å². The fraction of sp³-hybridized carbons (Fsp3) is 0.125. The summed E-state index contributed by atoms with van der Waals surface area (Å²) < 4.78 is 0. The maximum atomic E-state index is 6.19. The molecule has 0 unspecified atom stereocenters. The monoisotopic (exact) mass is 283 g/mol. The van der Waals surface area contributed by atoms with Crippen molar-refractivity contribution in [1.29, 1.82) is 0 Å². The first-order valence-electron chi connectivity index (χ1n) is 6.38. The lowest BCUT2D eigenvalue weighted by Gasteiger charge is -2.07. The summed E-state index contributed by atoms with van der Waals surface area (Å²) >= 11 is 6.19. The zero-order valence-corrected chi connectivity index (χ0v) is 11.9. The van der Waals surface area contributed by atoms with Crippen molar-refractivity contribution in [3.8, 4) is 0 Å². The van der Waals surface area contributed by atoms with Gasteiger partial charge in [-0.3, -0.25) is 4.98 Å². The van der Waals surface area contributed by atoms with E-state index >= 15 is 0 Å². The molecule has 0 bridgehead atoms. The number of nitrogens with two attached hydrogens (primary N) is 1. The number of fused-ring (bicyclic) bond motifs is 1. The zero-order valence-electron chi connectivity index (χ0n) is 11.1. The van der Waals surface area contributed by atoms with E-state index < -0.39 is 0 Å². The molecule has 20 heavy (non-hydrogen) atoms. The van der Waals surface area contributed by atoms with Crippen molar-refractivity contribution in [3.05, 3.63) is 64.3 Å². The second-order valence-corrected chi connectivity index (χ2v) is 5.25. The standard InChI is InChI=1S/C16H14ClN3/c1-10-6-15(18)20-14-8-11(9-19-16(10)14)7-12-4-2-3-5-13(12)17/h2-6,8-9H,7H2,1H3,(H2,18,20). The van der Waals surface area contributed by atoms with E-state index in [1.54, 1.807) is 0 Å². The molecule has 0 spiro atoms. The number of aryl methyl sites for hydroxylation is 1. The van der Waals surface area contributed by atoms with Crippen LogP contribution in [-0.2, 0) is 6.42 Å². The molecule has 2 N–H and O–H groups in total. The van der Waals surface area contributed by atoms with Crippen LogP contribution in [0.5, 0.6) is 0 Å². The number of benzene rings is 1. The number of anilines is 1. The summed E-state index contributed by atoms with van der Waals surface area (Å²) in [6, 6.07) is 11.7. The third-order valence-corrected chi connectivity index (χ3v) is 3.63. The van der Waals surface area contributed by atoms with Gasteiger partial charge in [-0.25, -0.2) is 4.98 Å². The summed E-state index contributed by atoms with van der Waals surface area (Å²) in [7, 11) is 0. The van der Waals surface area contributed by atoms with Gasteiger partial charge in [-0.2, -0.15) is 0 Å². The van der Waals surface area contributed by atoms with Gasteiger partial charge in [0.1, 0.15) is 5.82 Å². The summed E-state index contributed by atoms with van der Waals surface area (Å²) in [6.07, 6.45) is 2.61. The SMILES string of the molecule is Cc1cc(N)nc2cc(Cc3ccccc3Cl)cnc12. The van der Waals surface area contributed by atoms with Gasteiger partial charge in [-0.05, 0) is 41.8 Å². The van der Waals surface area contributed by atoms with Crippen molar-refractivity contribution < 1.29 is 0 Å². The summed E-state index contributed by atoms with van der Waals surface area (Å²) in [5.74, 6) is 0.520. The van der Waals surface area contributed by atoms with Crippen LogP contribution >= 0.6 is 11.6 Å². The third kappa shape index (κ3) is 2.45. The molecule has 3 rings (SSSR count). The number of hydrogen-bond donors (Lipinski definition) is 1. The van der Waals surface area contributed by atoms with Crippen LogP contribution in [0, 0.1) is 6.92 Å². The molecule has 2 heterocycles. The molecule has 0 saturated heterocycles. The minimum atomic E-state index is 0.520. The fourth-order valence-corrected chi connectivity index (χ4v) is 2.51. The van der Waals surface area contributed by atoms with Gasteiger partial charge in [0.05, 0.1) is 11.0 Å². The molecule has 0 amide bonds. The van der Waals surface area contributed by atoms with Gasteiger partial charge in [0.25, 0.3) is 0 Å². The molecule has 0 radical (unpaired) electrons. The molecule has 0 atom stereocenters. The maximum Gasteiger partial charge on any atom is 0.124 e. The molecule has 0 aliphatic carbocycles. The fourth-order valence-electron chi connectivity index (χ4n) is 2.30. The van der Waals surface area contributed by atoms with Gasteiger partial charge in [0, 0.05) is 17.6 Å². The predicted molar refractivity (Wildman–Crippen MR) is 82.9 cm³/mol. The quantitative estimate of drug-likeness (QED) is 0.779. The topological polar surface area (TPSA) is 51.8 Å². The second-order valence-electron chi connectivity index (χ2n) is 4.84. The van der Waals surface area contributed by atoms with Crippen LogP contribution in [0.15, 0.2) is 42.6 Å². The maximum absolute atomic E-state index is 6.19. The van der Waals surface area contributed by atoms with Crippen molar-refractivity contribution in [2.24, 2.45) is 0 Å². The summed E-state index contributed by atoms with van der Waals surface area (Å²) in [5.41, 5.74) is 10.7. The highest BCUT2D eigenvalue weighted by atomic mass is 35.5. The summed E-state index contributed by atoms with van der Waals surface area (Å²) in [6.45, 7) is 1.99. The van der Waals surface area contributed by atoms with Gasteiger partial charge in [0.2, 0.25) is 0 Å². The van der Waals surface area contributed by atoms with Gasteiger partial charge in [-0.1, -0.05) is 29.8 Å². The average molecular weight is 284 g/mol. The first-order chi connectivity index (χ1) is 9.63. The Balaban J connectivity index is 2.03. The zero-order chi connectivity index (χ0) is 14.1. The molecule has 0 aliphatic rings. The summed E-state index contributed by atoms with van der Waals surface area (Å²) in [4.78, 5) is 8.83. The van der Waals surface area contributed by atoms with E-state index in [4.69, 9.17) is 17.3 Å². The smallest absolute Gasteiger partial charge is 0.124 e. The summed E-state index contributed by atoms with van der Waals surface area (Å²) in [5, 5.41) is 0.768. The number of hydrogen-bond acceptors (Lipinski definition) is 3. The van der Waals surface area contributed by atoms with Crippen LogP contribution in [0.1, 0.15) is 16.7 Å². The lowest BCUT2D eigenvalue weighted by molar-refractivity contribution is 1.16. The number of nitrogens with zero attached hydrogens (tertiary/aromatic N) is 2. The Kier molecular flexibility index (Phi) is 3.28. The molecule has 3 aromatic rings. The van der Waals surface area contributed by atoms with E-state index in [0.29, 0.717) is 5.82 Å². The first-order valence-corrected chi connectivity index (χ1v) is 6.76. The van der Waals surface area contributed by atoms with Crippen molar-refractivity contribution in [3.63, 3.8) is 0 Å². The second kappa shape index (κ2) is 5.10. The number of rotatable bonds is 2.